The molecule has 1 amide bonds. The van der Waals surface area contributed by atoms with Gasteiger partial charge in [-0.1, -0.05) is 31.4 Å². The monoisotopic (exact) mass is 452 g/mol. The number of halogens is 1. The summed E-state index contributed by atoms with van der Waals surface area (Å²) in [5.41, 5.74) is 2.09. The summed E-state index contributed by atoms with van der Waals surface area (Å²) in [5, 5.41) is 8.16. The Balaban J connectivity index is 1.52. The highest BCUT2D eigenvalue weighted by Gasteiger charge is 2.20. The molecule has 1 N–H and O–H groups in total. The predicted octanol–water partition coefficient (Wildman–Crippen LogP) is 4.36. The van der Waals surface area contributed by atoms with Crippen LogP contribution in [0.3, 0.4) is 0 Å². The third kappa shape index (κ3) is 3.95. The van der Waals surface area contributed by atoms with Gasteiger partial charge in [0, 0.05) is 22.8 Å². The van der Waals surface area contributed by atoms with Gasteiger partial charge in [-0.25, -0.2) is 9.07 Å². The summed E-state index contributed by atoms with van der Waals surface area (Å²) in [6.07, 6.45) is 7.13. The van der Waals surface area contributed by atoms with Crippen LogP contribution in [0.15, 0.2) is 41.3 Å². The molecule has 0 unspecified atom stereocenters. The summed E-state index contributed by atoms with van der Waals surface area (Å²) in [6.45, 7) is 2.37. The highest BCUT2D eigenvalue weighted by atomic mass is 32.1. The lowest BCUT2D eigenvalue weighted by atomic mass is 9.95. The van der Waals surface area contributed by atoms with Crippen molar-refractivity contribution in [2.75, 3.05) is 0 Å². The molecule has 1 saturated carbocycles. The van der Waals surface area contributed by atoms with Gasteiger partial charge < -0.3 is 9.88 Å². The van der Waals surface area contributed by atoms with Crippen LogP contribution in [0.2, 0.25) is 0 Å². The van der Waals surface area contributed by atoms with Crippen LogP contribution >= 0.6 is 11.3 Å². The Hall–Kier alpha value is -3.00. The van der Waals surface area contributed by atoms with Crippen molar-refractivity contribution in [1.82, 2.24) is 19.7 Å². The van der Waals surface area contributed by atoms with Gasteiger partial charge in [0.05, 0.1) is 16.4 Å². The fourth-order valence-corrected chi connectivity index (χ4v) is 5.65. The van der Waals surface area contributed by atoms with Crippen molar-refractivity contribution >= 4 is 38.4 Å². The van der Waals surface area contributed by atoms with Crippen LogP contribution in [0.1, 0.15) is 42.5 Å². The molecule has 6 nitrogen and oxygen atoms in total. The Morgan fingerprint density at radius 1 is 1.22 bits per heavy atom. The molecule has 0 bridgehead atoms. The molecule has 3 aromatic heterocycles. The van der Waals surface area contributed by atoms with E-state index < -0.39 is 0 Å². The minimum Gasteiger partial charge on any atom is -0.352 e. The van der Waals surface area contributed by atoms with Crippen molar-refractivity contribution in [3.05, 3.63) is 63.1 Å². The molecule has 3 heterocycles. The molecule has 1 aliphatic rings. The highest BCUT2D eigenvalue weighted by molar-refractivity contribution is 7.20. The van der Waals surface area contributed by atoms with Gasteiger partial charge in [0.2, 0.25) is 5.91 Å². The normalized spacial score (nSPS) is 14.9. The second-order valence-electron chi connectivity index (χ2n) is 8.56. The summed E-state index contributed by atoms with van der Waals surface area (Å²) < 4.78 is 17.6. The average Bonchev–Trinajstić information content (AvgIpc) is 3.29. The van der Waals surface area contributed by atoms with Gasteiger partial charge in [0.15, 0.2) is 0 Å². The topological polar surface area (TPSA) is 68.9 Å². The lowest BCUT2D eigenvalue weighted by Gasteiger charge is -2.22. The molecule has 0 aliphatic heterocycles. The Bertz CT molecular complexity index is 1350. The first kappa shape index (κ1) is 20.9. The minimum absolute atomic E-state index is 0.0975. The van der Waals surface area contributed by atoms with Crippen LogP contribution in [-0.4, -0.2) is 26.3 Å². The summed E-state index contributed by atoms with van der Waals surface area (Å²) in [4.78, 5) is 27.2. The van der Waals surface area contributed by atoms with E-state index in [-0.39, 0.29) is 29.9 Å². The molecule has 0 spiro atoms. The van der Waals surface area contributed by atoms with Gasteiger partial charge in [0.25, 0.3) is 5.56 Å². The number of carbonyl (C=O) groups excluding carboxylic acids is 1. The third-order valence-corrected chi connectivity index (χ3v) is 7.25. The molecule has 1 fully saturated rings. The summed E-state index contributed by atoms with van der Waals surface area (Å²) >= 11 is 1.62. The molecular formula is C24H25FN4O2S. The number of nitrogens with zero attached hydrogens (tertiary/aromatic N) is 3. The molecule has 0 saturated heterocycles. The van der Waals surface area contributed by atoms with Gasteiger partial charge in [-0.3, -0.25) is 9.59 Å². The van der Waals surface area contributed by atoms with Gasteiger partial charge in [-0.15, -0.1) is 11.3 Å². The van der Waals surface area contributed by atoms with Gasteiger partial charge in [0.1, 0.15) is 17.9 Å². The lowest BCUT2D eigenvalue weighted by Crippen LogP contribution is -2.40. The molecule has 0 atom stereocenters. The van der Waals surface area contributed by atoms with Gasteiger partial charge in [-0.05, 0) is 43.5 Å². The quantitative estimate of drug-likeness (QED) is 0.489. The Morgan fingerprint density at radius 3 is 2.72 bits per heavy atom. The van der Waals surface area contributed by atoms with Crippen molar-refractivity contribution in [2.24, 2.45) is 0 Å². The molecule has 8 heteroatoms. The molecule has 1 aliphatic carbocycles. The maximum Gasteiger partial charge on any atom is 0.291 e. The maximum absolute atomic E-state index is 13.4. The number of amides is 1. The number of fused-ring (bicyclic) bond motifs is 3. The SMILES string of the molecule is Cc1cc2c(s1)c1cnn(CC(=O)NC3CCCCC3)c(=O)c1n2Cc1ccc(F)cc1. The molecule has 0 radical (unpaired) electrons. The number of nitrogens with one attached hydrogen (secondary N) is 1. The molecule has 5 rings (SSSR count). The van der Waals surface area contributed by atoms with E-state index in [0.717, 1.165) is 51.7 Å². The van der Waals surface area contributed by atoms with E-state index >= 15 is 0 Å². The summed E-state index contributed by atoms with van der Waals surface area (Å²) in [5.74, 6) is -0.474. The third-order valence-electron chi connectivity index (χ3n) is 6.18. The van der Waals surface area contributed by atoms with E-state index in [9.17, 15) is 14.0 Å². The fourth-order valence-electron chi connectivity index (χ4n) is 4.63. The van der Waals surface area contributed by atoms with E-state index in [2.05, 4.69) is 16.5 Å². The maximum atomic E-state index is 13.4. The standard InChI is InChI=1S/C24H25FN4O2S/c1-15-11-20-23(32-15)19-12-26-29(14-21(30)27-18-5-3-2-4-6-18)24(31)22(19)28(20)13-16-7-9-17(25)10-8-16/h7-12,18H,2-6,13-14H2,1H3,(H,27,30). The first-order valence-electron chi connectivity index (χ1n) is 11.0. The van der Waals surface area contributed by atoms with Crippen LogP contribution < -0.4 is 10.9 Å². The minimum atomic E-state index is -0.293. The van der Waals surface area contributed by atoms with Crippen LogP contribution in [0, 0.1) is 12.7 Å². The molecule has 4 aromatic rings. The highest BCUT2D eigenvalue weighted by Crippen LogP contribution is 2.34. The Labute approximate surface area is 188 Å². The zero-order chi connectivity index (χ0) is 22.2. The Kier molecular flexibility index (Phi) is 5.55. The summed E-state index contributed by atoms with van der Waals surface area (Å²) in [6, 6.07) is 8.54. The van der Waals surface area contributed by atoms with Crippen molar-refractivity contribution in [2.45, 2.75) is 58.2 Å². The van der Waals surface area contributed by atoms with Crippen LogP contribution in [0.4, 0.5) is 4.39 Å². The number of benzene rings is 1. The van der Waals surface area contributed by atoms with E-state index in [4.69, 9.17) is 0 Å². The second kappa shape index (κ2) is 8.50. The summed E-state index contributed by atoms with van der Waals surface area (Å²) in [7, 11) is 0. The first-order chi connectivity index (χ1) is 15.5. The second-order valence-corrected chi connectivity index (χ2v) is 9.81. The average molecular weight is 453 g/mol. The number of rotatable bonds is 5. The van der Waals surface area contributed by atoms with Gasteiger partial charge >= 0.3 is 0 Å². The van der Waals surface area contributed by atoms with E-state index in [1.54, 1.807) is 29.7 Å². The zero-order valence-electron chi connectivity index (χ0n) is 17.9. The molecular weight excluding hydrogens is 427 g/mol. The zero-order valence-corrected chi connectivity index (χ0v) is 18.8. The van der Waals surface area contributed by atoms with Crippen molar-refractivity contribution in [1.29, 1.82) is 0 Å². The van der Waals surface area contributed by atoms with Crippen LogP contribution in [0.25, 0.3) is 21.1 Å². The van der Waals surface area contributed by atoms with Crippen molar-refractivity contribution in [3.8, 4) is 0 Å². The molecule has 32 heavy (non-hydrogen) atoms. The largest absolute Gasteiger partial charge is 0.352 e. The number of hydrogen-bond donors (Lipinski definition) is 1. The number of thiophene rings is 1. The van der Waals surface area contributed by atoms with Gasteiger partial charge in [-0.2, -0.15) is 5.10 Å². The number of carbonyl (C=O) groups is 1. The number of aryl methyl sites for hydroxylation is 1. The fraction of sp³-hybridized carbons (Fsp3) is 0.375. The smallest absolute Gasteiger partial charge is 0.291 e. The van der Waals surface area contributed by atoms with E-state index in [1.807, 2.05) is 11.5 Å². The molecule has 1 aromatic carbocycles. The first-order valence-corrected chi connectivity index (χ1v) is 11.8. The number of hydrogen-bond acceptors (Lipinski definition) is 4. The van der Waals surface area contributed by atoms with E-state index in [0.29, 0.717) is 12.1 Å². The Morgan fingerprint density at radius 2 is 1.97 bits per heavy atom. The number of aromatic nitrogens is 3. The van der Waals surface area contributed by atoms with Crippen LogP contribution in [0.5, 0.6) is 0 Å². The van der Waals surface area contributed by atoms with Crippen LogP contribution in [-0.2, 0) is 17.9 Å². The predicted molar refractivity (Wildman–Crippen MR) is 125 cm³/mol. The van der Waals surface area contributed by atoms with Crippen molar-refractivity contribution < 1.29 is 9.18 Å². The van der Waals surface area contributed by atoms with E-state index in [1.165, 1.54) is 23.2 Å². The lowest BCUT2D eigenvalue weighted by molar-refractivity contribution is -0.122. The van der Waals surface area contributed by atoms with Crippen molar-refractivity contribution in [3.63, 3.8) is 0 Å². The molecule has 166 valence electrons.